The van der Waals surface area contributed by atoms with E-state index >= 15 is 0 Å². The van der Waals surface area contributed by atoms with Crippen LogP contribution >= 0.6 is 22.6 Å². The SMILES string of the molecule is CCn1c(=O)n(CC)c2cc(NC(=O)CI)ccc21. The van der Waals surface area contributed by atoms with Crippen molar-refractivity contribution in [3.63, 3.8) is 0 Å². The van der Waals surface area contributed by atoms with Gasteiger partial charge in [0, 0.05) is 18.8 Å². The lowest BCUT2D eigenvalue weighted by molar-refractivity contribution is -0.113. The second-order valence-electron chi connectivity index (χ2n) is 4.16. The summed E-state index contributed by atoms with van der Waals surface area (Å²) in [6, 6.07) is 5.57. The number of alkyl halides is 1. The van der Waals surface area contributed by atoms with E-state index in [-0.39, 0.29) is 11.6 Å². The van der Waals surface area contributed by atoms with Crippen LogP contribution in [-0.2, 0) is 17.9 Å². The summed E-state index contributed by atoms with van der Waals surface area (Å²) < 4.78 is 3.87. The number of nitrogens with one attached hydrogen (secondary N) is 1. The van der Waals surface area contributed by atoms with Gasteiger partial charge in [-0.2, -0.15) is 0 Å². The summed E-state index contributed by atoms with van der Waals surface area (Å²) in [5.41, 5.74) is 2.49. The first kappa shape index (κ1) is 14.1. The molecule has 1 amide bonds. The van der Waals surface area contributed by atoms with Crippen molar-refractivity contribution in [1.29, 1.82) is 0 Å². The van der Waals surface area contributed by atoms with E-state index in [0.29, 0.717) is 17.5 Å². The molecule has 102 valence electrons. The van der Waals surface area contributed by atoms with Crippen molar-refractivity contribution >= 4 is 45.2 Å². The van der Waals surface area contributed by atoms with Gasteiger partial charge in [-0.1, -0.05) is 22.6 Å². The lowest BCUT2D eigenvalue weighted by Gasteiger charge is -2.04. The molecule has 1 heterocycles. The lowest BCUT2D eigenvalue weighted by Crippen LogP contribution is -2.23. The second kappa shape index (κ2) is 5.77. The smallest absolute Gasteiger partial charge is 0.325 e. The quantitative estimate of drug-likeness (QED) is 0.660. The van der Waals surface area contributed by atoms with Crippen molar-refractivity contribution in [2.24, 2.45) is 0 Å². The van der Waals surface area contributed by atoms with E-state index in [4.69, 9.17) is 0 Å². The third-order valence-electron chi connectivity index (χ3n) is 3.06. The number of hydrogen-bond donors (Lipinski definition) is 1. The van der Waals surface area contributed by atoms with E-state index in [9.17, 15) is 9.59 Å². The number of aromatic nitrogens is 2. The number of hydrogen-bond acceptors (Lipinski definition) is 2. The standard InChI is InChI=1S/C13H16IN3O2/c1-3-16-10-6-5-9(15-12(18)8-14)7-11(10)17(4-2)13(16)19/h5-7H,3-4,8H2,1-2H3,(H,15,18). The number of fused-ring (bicyclic) bond motifs is 1. The second-order valence-corrected chi connectivity index (χ2v) is 4.92. The van der Waals surface area contributed by atoms with Crippen LogP contribution in [0.1, 0.15) is 13.8 Å². The van der Waals surface area contributed by atoms with Crippen LogP contribution in [0.4, 0.5) is 5.69 Å². The molecule has 0 saturated heterocycles. The molecule has 0 radical (unpaired) electrons. The molecule has 1 aromatic carbocycles. The van der Waals surface area contributed by atoms with Crippen LogP contribution in [0.3, 0.4) is 0 Å². The van der Waals surface area contributed by atoms with Gasteiger partial charge in [0.15, 0.2) is 0 Å². The number of carbonyl (C=O) groups excluding carboxylic acids is 1. The number of amides is 1. The third-order valence-corrected chi connectivity index (χ3v) is 3.75. The van der Waals surface area contributed by atoms with Crippen LogP contribution in [-0.4, -0.2) is 19.5 Å². The molecule has 0 fully saturated rings. The third kappa shape index (κ3) is 2.54. The number of nitrogens with zero attached hydrogens (tertiary/aromatic N) is 2. The van der Waals surface area contributed by atoms with Crippen molar-refractivity contribution in [3.8, 4) is 0 Å². The molecule has 0 spiro atoms. The fourth-order valence-electron chi connectivity index (χ4n) is 2.20. The molecule has 0 saturated carbocycles. The molecule has 6 heteroatoms. The van der Waals surface area contributed by atoms with Crippen molar-refractivity contribution in [2.45, 2.75) is 26.9 Å². The van der Waals surface area contributed by atoms with Gasteiger partial charge in [-0.3, -0.25) is 13.9 Å². The molecule has 0 aliphatic rings. The van der Waals surface area contributed by atoms with Gasteiger partial charge in [0.25, 0.3) is 0 Å². The number of rotatable bonds is 4. The molecule has 0 atom stereocenters. The normalized spacial score (nSPS) is 10.9. The molecule has 0 bridgehead atoms. The monoisotopic (exact) mass is 373 g/mol. The number of anilines is 1. The van der Waals surface area contributed by atoms with Crippen molar-refractivity contribution in [1.82, 2.24) is 9.13 Å². The number of halogens is 1. The van der Waals surface area contributed by atoms with Crippen LogP contribution in [0.5, 0.6) is 0 Å². The van der Waals surface area contributed by atoms with E-state index in [1.165, 1.54) is 0 Å². The predicted molar refractivity (Wildman–Crippen MR) is 85.1 cm³/mol. The summed E-state index contributed by atoms with van der Waals surface area (Å²) in [5.74, 6) is -0.0414. The first-order chi connectivity index (χ1) is 9.12. The zero-order valence-electron chi connectivity index (χ0n) is 10.9. The highest BCUT2D eigenvalue weighted by molar-refractivity contribution is 14.1. The van der Waals surface area contributed by atoms with Gasteiger partial charge in [-0.05, 0) is 32.0 Å². The van der Waals surface area contributed by atoms with Crippen LogP contribution in [0.25, 0.3) is 11.0 Å². The molecule has 0 aliphatic heterocycles. The van der Waals surface area contributed by atoms with Crippen molar-refractivity contribution in [3.05, 3.63) is 28.7 Å². The fourth-order valence-corrected chi connectivity index (χ4v) is 2.39. The fraction of sp³-hybridized carbons (Fsp3) is 0.385. The van der Waals surface area contributed by atoms with Crippen LogP contribution < -0.4 is 11.0 Å². The minimum atomic E-state index is -0.0414. The first-order valence-electron chi connectivity index (χ1n) is 6.21. The molecule has 0 aliphatic carbocycles. The zero-order chi connectivity index (χ0) is 14.0. The molecule has 2 rings (SSSR count). The maximum atomic E-state index is 12.2. The Morgan fingerprint density at radius 1 is 1.21 bits per heavy atom. The minimum Gasteiger partial charge on any atom is -0.325 e. The summed E-state index contributed by atoms with van der Waals surface area (Å²) in [5, 5.41) is 2.81. The van der Waals surface area contributed by atoms with Gasteiger partial charge < -0.3 is 5.32 Å². The van der Waals surface area contributed by atoms with E-state index in [2.05, 4.69) is 5.32 Å². The first-order valence-corrected chi connectivity index (χ1v) is 7.73. The molecule has 5 nitrogen and oxygen atoms in total. The van der Waals surface area contributed by atoms with Gasteiger partial charge in [0.2, 0.25) is 5.91 Å². The van der Waals surface area contributed by atoms with E-state index in [1.807, 2.05) is 54.6 Å². The van der Waals surface area contributed by atoms with Crippen molar-refractivity contribution in [2.75, 3.05) is 9.74 Å². The molecule has 1 aromatic heterocycles. The number of carbonyl (C=O) groups is 1. The van der Waals surface area contributed by atoms with Gasteiger partial charge in [-0.25, -0.2) is 4.79 Å². The van der Waals surface area contributed by atoms with E-state index in [1.54, 1.807) is 9.13 Å². The molecular weight excluding hydrogens is 357 g/mol. The van der Waals surface area contributed by atoms with E-state index in [0.717, 1.165) is 16.7 Å². The summed E-state index contributed by atoms with van der Waals surface area (Å²) in [6.45, 7) is 5.15. The molecular formula is C13H16IN3O2. The minimum absolute atomic E-state index is 0.00244. The van der Waals surface area contributed by atoms with Crippen LogP contribution in [0, 0.1) is 0 Å². The van der Waals surface area contributed by atoms with Gasteiger partial charge in [-0.15, -0.1) is 0 Å². The summed E-state index contributed by atoms with van der Waals surface area (Å²) >= 11 is 2.02. The highest BCUT2D eigenvalue weighted by Crippen LogP contribution is 2.19. The summed E-state index contributed by atoms with van der Waals surface area (Å²) in [7, 11) is 0. The molecule has 0 unspecified atom stereocenters. The predicted octanol–water partition coefficient (Wildman–Crippen LogP) is 2.22. The zero-order valence-corrected chi connectivity index (χ0v) is 13.1. The maximum absolute atomic E-state index is 12.2. The maximum Gasteiger partial charge on any atom is 0.329 e. The number of benzene rings is 1. The summed E-state index contributed by atoms with van der Waals surface area (Å²) in [4.78, 5) is 23.6. The average Bonchev–Trinajstić information content (AvgIpc) is 2.68. The number of aryl methyl sites for hydroxylation is 2. The lowest BCUT2D eigenvalue weighted by atomic mass is 10.2. The van der Waals surface area contributed by atoms with Crippen LogP contribution in [0.2, 0.25) is 0 Å². The highest BCUT2D eigenvalue weighted by Gasteiger charge is 2.11. The van der Waals surface area contributed by atoms with Crippen LogP contribution in [0.15, 0.2) is 23.0 Å². The summed E-state index contributed by atoms with van der Waals surface area (Å²) in [6.07, 6.45) is 0. The topological polar surface area (TPSA) is 56.0 Å². The Morgan fingerprint density at radius 2 is 1.84 bits per heavy atom. The number of imidazole rings is 1. The molecule has 1 N–H and O–H groups in total. The molecule has 19 heavy (non-hydrogen) atoms. The highest BCUT2D eigenvalue weighted by atomic mass is 127. The molecule has 2 aromatic rings. The Bertz CT molecular complexity index is 672. The van der Waals surface area contributed by atoms with Gasteiger partial charge in [0.05, 0.1) is 15.5 Å². The van der Waals surface area contributed by atoms with Gasteiger partial charge >= 0.3 is 5.69 Å². The average molecular weight is 373 g/mol. The van der Waals surface area contributed by atoms with Crippen molar-refractivity contribution < 1.29 is 4.79 Å². The Morgan fingerprint density at radius 3 is 2.42 bits per heavy atom. The Balaban J connectivity index is 2.59. The van der Waals surface area contributed by atoms with Gasteiger partial charge in [0.1, 0.15) is 0 Å². The largest absolute Gasteiger partial charge is 0.329 e. The Labute approximate surface area is 124 Å². The van der Waals surface area contributed by atoms with E-state index < -0.39 is 0 Å². The Hall–Kier alpha value is -1.31. The Kier molecular flexibility index (Phi) is 4.28.